The molecule has 1 N–H and O–H groups in total. The average molecular weight is 344 g/mol. The summed E-state index contributed by atoms with van der Waals surface area (Å²) >= 11 is 1.54. The van der Waals surface area contributed by atoms with Crippen LogP contribution in [0.25, 0.3) is 0 Å². The van der Waals surface area contributed by atoms with Crippen LogP contribution < -0.4 is 10.1 Å². The summed E-state index contributed by atoms with van der Waals surface area (Å²) in [5, 5.41) is 5.88. The van der Waals surface area contributed by atoms with Crippen LogP contribution in [0.3, 0.4) is 0 Å². The van der Waals surface area contributed by atoms with E-state index < -0.39 is 0 Å². The number of hydrogen-bond donors (Lipinski definition) is 1. The zero-order chi connectivity index (χ0) is 16.8. The van der Waals surface area contributed by atoms with Gasteiger partial charge < -0.3 is 10.1 Å². The lowest BCUT2D eigenvalue weighted by atomic mass is 10.1. The molecule has 1 amide bonds. The molecule has 0 spiro atoms. The van der Waals surface area contributed by atoms with Crippen LogP contribution in [-0.4, -0.2) is 17.4 Å². The van der Waals surface area contributed by atoms with Gasteiger partial charge in [-0.05, 0) is 37.8 Å². The van der Waals surface area contributed by atoms with E-state index in [1.807, 2.05) is 29.6 Å². The minimum atomic E-state index is 0.0678. The van der Waals surface area contributed by atoms with Gasteiger partial charge >= 0.3 is 0 Å². The summed E-state index contributed by atoms with van der Waals surface area (Å²) in [6.07, 6.45) is 5.46. The Balaban J connectivity index is 1.42. The second-order valence-corrected chi connectivity index (χ2v) is 7.41. The molecule has 1 saturated carbocycles. The van der Waals surface area contributed by atoms with Crippen LogP contribution in [0.2, 0.25) is 0 Å². The lowest BCUT2D eigenvalue weighted by Crippen LogP contribution is -2.29. The van der Waals surface area contributed by atoms with Crippen molar-refractivity contribution in [2.75, 3.05) is 6.54 Å². The summed E-state index contributed by atoms with van der Waals surface area (Å²) in [6, 6.07) is 7.97. The predicted octanol–water partition coefficient (Wildman–Crippen LogP) is 3.88. The molecule has 24 heavy (non-hydrogen) atoms. The number of hydrogen-bond acceptors (Lipinski definition) is 4. The Labute approximate surface area is 147 Å². The molecule has 0 bridgehead atoms. The second kappa shape index (κ2) is 8.29. The van der Waals surface area contributed by atoms with Gasteiger partial charge in [0.15, 0.2) is 0 Å². The van der Waals surface area contributed by atoms with E-state index in [0.29, 0.717) is 18.9 Å². The van der Waals surface area contributed by atoms with Gasteiger partial charge in [0.05, 0.1) is 12.1 Å². The van der Waals surface area contributed by atoms with Gasteiger partial charge in [0.1, 0.15) is 17.4 Å². The molecule has 4 nitrogen and oxygen atoms in total. The smallest absolute Gasteiger partial charge is 0.226 e. The van der Waals surface area contributed by atoms with E-state index in [4.69, 9.17) is 4.74 Å². The highest BCUT2D eigenvalue weighted by Crippen LogP contribution is 2.23. The highest BCUT2D eigenvalue weighted by atomic mass is 32.1. The van der Waals surface area contributed by atoms with Crippen molar-refractivity contribution >= 4 is 17.2 Å². The highest BCUT2D eigenvalue weighted by Gasteiger charge is 2.16. The van der Waals surface area contributed by atoms with Gasteiger partial charge in [-0.25, -0.2) is 4.98 Å². The third-order valence-corrected chi connectivity index (χ3v) is 5.26. The van der Waals surface area contributed by atoms with Crippen molar-refractivity contribution in [2.24, 2.45) is 5.92 Å². The second-order valence-electron chi connectivity index (χ2n) is 6.47. The Morgan fingerprint density at radius 1 is 1.29 bits per heavy atom. The summed E-state index contributed by atoms with van der Waals surface area (Å²) in [7, 11) is 0. The molecule has 5 heteroatoms. The van der Waals surface area contributed by atoms with Gasteiger partial charge in [-0.3, -0.25) is 4.79 Å². The number of rotatable bonds is 7. The number of nitrogens with one attached hydrogen (secondary N) is 1. The molecule has 1 aliphatic rings. The van der Waals surface area contributed by atoms with E-state index in [0.717, 1.165) is 23.0 Å². The Bertz CT molecular complexity index is 660. The molecule has 128 valence electrons. The third-order valence-electron chi connectivity index (χ3n) is 4.39. The zero-order valence-electron chi connectivity index (χ0n) is 14.1. The van der Waals surface area contributed by atoms with Crippen LogP contribution in [0.1, 0.15) is 41.9 Å². The molecule has 0 atom stereocenters. The number of carbonyl (C=O) groups excluding carboxylic acids is 1. The normalized spacial score (nSPS) is 14.7. The Morgan fingerprint density at radius 2 is 2.04 bits per heavy atom. The first-order valence-electron chi connectivity index (χ1n) is 8.58. The maximum atomic E-state index is 12.0. The monoisotopic (exact) mass is 344 g/mol. The van der Waals surface area contributed by atoms with Crippen LogP contribution >= 0.6 is 11.3 Å². The number of benzene rings is 1. The standard InChI is InChI=1S/C19H24N2O2S/c1-14-6-8-17(9-7-14)23-12-19-21-16(13-24-19)10-18(22)20-11-15-4-2-3-5-15/h6-9,13,15H,2-5,10-12H2,1H3,(H,20,22). The zero-order valence-corrected chi connectivity index (χ0v) is 14.9. The Kier molecular flexibility index (Phi) is 5.86. The molecule has 0 radical (unpaired) electrons. The maximum absolute atomic E-state index is 12.0. The number of thiazole rings is 1. The van der Waals surface area contributed by atoms with Gasteiger partial charge in [0.2, 0.25) is 5.91 Å². The quantitative estimate of drug-likeness (QED) is 0.829. The summed E-state index contributed by atoms with van der Waals surface area (Å²) in [5.41, 5.74) is 2.04. The molecule has 0 unspecified atom stereocenters. The summed E-state index contributed by atoms with van der Waals surface area (Å²) in [6.45, 7) is 3.30. The average Bonchev–Trinajstić information content (AvgIpc) is 3.24. The van der Waals surface area contributed by atoms with Gasteiger partial charge in [-0.15, -0.1) is 11.3 Å². The van der Waals surface area contributed by atoms with Crippen LogP contribution in [0.5, 0.6) is 5.75 Å². The highest BCUT2D eigenvalue weighted by molar-refractivity contribution is 7.09. The largest absolute Gasteiger partial charge is 0.486 e. The van der Waals surface area contributed by atoms with Gasteiger partial charge in [0, 0.05) is 11.9 Å². The van der Waals surface area contributed by atoms with E-state index in [9.17, 15) is 4.79 Å². The van der Waals surface area contributed by atoms with Gasteiger partial charge in [-0.1, -0.05) is 30.5 Å². The minimum absolute atomic E-state index is 0.0678. The SMILES string of the molecule is Cc1ccc(OCc2nc(CC(=O)NCC3CCCC3)cs2)cc1. The fourth-order valence-electron chi connectivity index (χ4n) is 2.98. The first kappa shape index (κ1) is 17.0. The number of ether oxygens (including phenoxy) is 1. The number of amides is 1. The third kappa shape index (κ3) is 5.06. The van der Waals surface area contributed by atoms with Crippen molar-refractivity contribution in [3.8, 4) is 5.75 Å². The molecule has 0 saturated heterocycles. The predicted molar refractivity (Wildman–Crippen MR) is 96.3 cm³/mol. The molecule has 0 aliphatic heterocycles. The number of aryl methyl sites for hydroxylation is 1. The molecular formula is C19H24N2O2S. The van der Waals surface area contributed by atoms with Crippen molar-refractivity contribution in [3.63, 3.8) is 0 Å². The molecule has 1 aromatic carbocycles. The molecule has 1 aliphatic carbocycles. The number of carbonyl (C=O) groups is 1. The lowest BCUT2D eigenvalue weighted by molar-refractivity contribution is -0.120. The van der Waals surface area contributed by atoms with Crippen LogP contribution in [0.4, 0.5) is 0 Å². The summed E-state index contributed by atoms with van der Waals surface area (Å²) in [5.74, 6) is 1.58. The Hall–Kier alpha value is -1.88. The van der Waals surface area contributed by atoms with Gasteiger partial charge in [0.25, 0.3) is 0 Å². The summed E-state index contributed by atoms with van der Waals surface area (Å²) < 4.78 is 5.73. The maximum Gasteiger partial charge on any atom is 0.226 e. The first-order valence-corrected chi connectivity index (χ1v) is 9.46. The van der Waals surface area contributed by atoms with E-state index in [-0.39, 0.29) is 5.91 Å². The van der Waals surface area contributed by atoms with Gasteiger partial charge in [-0.2, -0.15) is 0 Å². The fraction of sp³-hybridized carbons (Fsp3) is 0.474. The molecule has 3 rings (SSSR count). The fourth-order valence-corrected chi connectivity index (χ4v) is 3.68. The summed E-state index contributed by atoms with van der Waals surface area (Å²) in [4.78, 5) is 16.5. The molecule has 2 aromatic rings. The van der Waals surface area contributed by atoms with Crippen LogP contribution in [0.15, 0.2) is 29.6 Å². The van der Waals surface area contributed by atoms with Crippen LogP contribution in [-0.2, 0) is 17.8 Å². The molecule has 1 heterocycles. The van der Waals surface area contributed by atoms with E-state index in [1.165, 1.54) is 31.2 Å². The van der Waals surface area contributed by atoms with Crippen molar-refractivity contribution in [1.29, 1.82) is 0 Å². The minimum Gasteiger partial charge on any atom is -0.486 e. The van der Waals surface area contributed by atoms with E-state index in [1.54, 1.807) is 11.3 Å². The lowest BCUT2D eigenvalue weighted by Gasteiger charge is -2.09. The van der Waals surface area contributed by atoms with Crippen molar-refractivity contribution in [3.05, 3.63) is 45.9 Å². The number of aromatic nitrogens is 1. The van der Waals surface area contributed by atoms with Crippen LogP contribution in [0, 0.1) is 12.8 Å². The molecular weight excluding hydrogens is 320 g/mol. The van der Waals surface area contributed by atoms with Crippen molar-refractivity contribution in [1.82, 2.24) is 10.3 Å². The molecule has 1 aromatic heterocycles. The number of nitrogens with zero attached hydrogens (tertiary/aromatic N) is 1. The van der Waals surface area contributed by atoms with Crippen molar-refractivity contribution < 1.29 is 9.53 Å². The van der Waals surface area contributed by atoms with E-state index >= 15 is 0 Å². The topological polar surface area (TPSA) is 51.2 Å². The van der Waals surface area contributed by atoms with E-state index in [2.05, 4.69) is 17.2 Å². The Morgan fingerprint density at radius 3 is 2.79 bits per heavy atom. The first-order chi connectivity index (χ1) is 11.7. The van der Waals surface area contributed by atoms with Crippen molar-refractivity contribution in [2.45, 2.75) is 45.6 Å². The molecule has 1 fully saturated rings.